The van der Waals surface area contributed by atoms with E-state index in [4.69, 9.17) is 0 Å². The van der Waals surface area contributed by atoms with Crippen LogP contribution >= 0.6 is 0 Å². The van der Waals surface area contributed by atoms with E-state index in [2.05, 4.69) is 0 Å². The molecule has 1 saturated carbocycles. The van der Waals surface area contributed by atoms with Crippen LogP contribution in [0.5, 0.6) is 0 Å². The van der Waals surface area contributed by atoms with E-state index >= 15 is 0 Å². The SMILES string of the molecule is CC(C)N(CC(F)(F)F)C1CCCCC1O. The van der Waals surface area contributed by atoms with Crippen LogP contribution in [-0.2, 0) is 0 Å². The van der Waals surface area contributed by atoms with Crippen molar-refractivity contribution < 1.29 is 18.3 Å². The summed E-state index contributed by atoms with van der Waals surface area (Å²) in [6.45, 7) is 2.56. The first kappa shape index (κ1) is 13.8. The molecule has 1 fully saturated rings. The normalized spacial score (nSPS) is 27.8. The van der Waals surface area contributed by atoms with E-state index in [1.165, 1.54) is 4.90 Å². The molecule has 0 saturated heterocycles. The number of aliphatic hydroxyl groups excluding tert-OH is 1. The van der Waals surface area contributed by atoms with Crippen molar-refractivity contribution >= 4 is 0 Å². The zero-order chi connectivity index (χ0) is 12.3. The lowest BCUT2D eigenvalue weighted by molar-refractivity contribution is -0.162. The number of halogens is 3. The molecule has 5 heteroatoms. The van der Waals surface area contributed by atoms with E-state index in [0.29, 0.717) is 12.8 Å². The van der Waals surface area contributed by atoms with Crippen molar-refractivity contribution in [3.05, 3.63) is 0 Å². The molecule has 1 N–H and O–H groups in total. The second-order valence-electron chi connectivity index (χ2n) is 4.80. The summed E-state index contributed by atoms with van der Waals surface area (Å²) >= 11 is 0. The van der Waals surface area contributed by atoms with Gasteiger partial charge in [-0.1, -0.05) is 12.8 Å². The Kier molecular flexibility index (Phi) is 4.62. The highest BCUT2D eigenvalue weighted by molar-refractivity contribution is 4.85. The van der Waals surface area contributed by atoms with E-state index in [1.54, 1.807) is 13.8 Å². The first-order valence-corrected chi connectivity index (χ1v) is 5.82. The van der Waals surface area contributed by atoms with E-state index in [0.717, 1.165) is 12.8 Å². The fourth-order valence-electron chi connectivity index (χ4n) is 2.37. The van der Waals surface area contributed by atoms with Crippen LogP contribution in [0.4, 0.5) is 13.2 Å². The van der Waals surface area contributed by atoms with Gasteiger partial charge in [-0.3, -0.25) is 4.90 Å². The zero-order valence-corrected chi connectivity index (χ0v) is 9.80. The lowest BCUT2D eigenvalue weighted by atomic mass is 9.90. The van der Waals surface area contributed by atoms with Gasteiger partial charge in [-0.2, -0.15) is 13.2 Å². The summed E-state index contributed by atoms with van der Waals surface area (Å²) in [4.78, 5) is 1.38. The smallest absolute Gasteiger partial charge is 0.391 e. The van der Waals surface area contributed by atoms with Gasteiger partial charge in [0, 0.05) is 12.1 Å². The maximum Gasteiger partial charge on any atom is 0.401 e. The van der Waals surface area contributed by atoms with Gasteiger partial charge >= 0.3 is 6.18 Å². The van der Waals surface area contributed by atoms with Gasteiger partial charge in [0.05, 0.1) is 12.6 Å². The predicted molar refractivity (Wildman–Crippen MR) is 56.2 cm³/mol. The molecule has 0 amide bonds. The minimum atomic E-state index is -4.19. The fourth-order valence-corrected chi connectivity index (χ4v) is 2.37. The molecule has 0 aromatic carbocycles. The Labute approximate surface area is 94.4 Å². The quantitative estimate of drug-likeness (QED) is 0.818. The van der Waals surface area contributed by atoms with Gasteiger partial charge < -0.3 is 5.11 Å². The summed E-state index contributed by atoms with van der Waals surface area (Å²) in [7, 11) is 0. The van der Waals surface area contributed by atoms with Crippen LogP contribution in [0, 0.1) is 0 Å². The topological polar surface area (TPSA) is 23.5 Å². The Morgan fingerprint density at radius 1 is 1.25 bits per heavy atom. The molecular formula is C11H20F3NO. The van der Waals surface area contributed by atoms with Crippen molar-refractivity contribution in [2.24, 2.45) is 0 Å². The third-order valence-electron chi connectivity index (χ3n) is 3.15. The highest BCUT2D eigenvalue weighted by Crippen LogP contribution is 2.28. The van der Waals surface area contributed by atoms with Crippen LogP contribution in [0.2, 0.25) is 0 Å². The Morgan fingerprint density at radius 3 is 2.25 bits per heavy atom. The van der Waals surface area contributed by atoms with Gasteiger partial charge in [0.2, 0.25) is 0 Å². The molecule has 96 valence electrons. The molecule has 2 atom stereocenters. The first-order valence-electron chi connectivity index (χ1n) is 5.82. The number of nitrogens with zero attached hydrogens (tertiary/aromatic N) is 1. The zero-order valence-electron chi connectivity index (χ0n) is 9.80. The molecule has 0 aliphatic heterocycles. The van der Waals surface area contributed by atoms with E-state index < -0.39 is 18.8 Å². The molecular weight excluding hydrogens is 219 g/mol. The molecule has 0 aromatic rings. The number of rotatable bonds is 3. The van der Waals surface area contributed by atoms with E-state index in [-0.39, 0.29) is 12.1 Å². The van der Waals surface area contributed by atoms with Crippen LogP contribution < -0.4 is 0 Å². The monoisotopic (exact) mass is 239 g/mol. The highest BCUT2D eigenvalue weighted by atomic mass is 19.4. The summed E-state index contributed by atoms with van der Waals surface area (Å²) in [5.41, 5.74) is 0. The summed E-state index contributed by atoms with van der Waals surface area (Å²) in [6, 6.07) is -0.533. The van der Waals surface area contributed by atoms with Gasteiger partial charge in [0.15, 0.2) is 0 Å². The minimum Gasteiger partial charge on any atom is -0.391 e. The fraction of sp³-hybridized carbons (Fsp3) is 1.00. The van der Waals surface area contributed by atoms with Crippen molar-refractivity contribution in [3.63, 3.8) is 0 Å². The molecule has 2 unspecified atom stereocenters. The van der Waals surface area contributed by atoms with Gasteiger partial charge in [0.25, 0.3) is 0 Å². The van der Waals surface area contributed by atoms with Crippen LogP contribution in [-0.4, -0.2) is 40.9 Å². The van der Waals surface area contributed by atoms with E-state index in [9.17, 15) is 18.3 Å². The molecule has 0 bridgehead atoms. The molecule has 1 aliphatic carbocycles. The molecule has 0 radical (unpaired) electrons. The number of aliphatic hydroxyl groups is 1. The van der Waals surface area contributed by atoms with Crippen molar-refractivity contribution in [2.75, 3.05) is 6.54 Å². The summed E-state index contributed by atoms with van der Waals surface area (Å²) in [5, 5.41) is 9.78. The number of alkyl halides is 3. The first-order chi connectivity index (χ1) is 7.31. The molecule has 0 aromatic heterocycles. The summed E-state index contributed by atoms with van der Waals surface area (Å²) in [6.07, 6.45) is -1.71. The second kappa shape index (κ2) is 5.36. The molecule has 1 rings (SSSR count). The lowest BCUT2D eigenvalue weighted by Gasteiger charge is -2.40. The van der Waals surface area contributed by atoms with Crippen LogP contribution in [0.3, 0.4) is 0 Å². The predicted octanol–water partition coefficient (Wildman–Crippen LogP) is 2.56. The molecule has 2 nitrogen and oxygen atoms in total. The minimum absolute atomic E-state index is 0.195. The van der Waals surface area contributed by atoms with Crippen molar-refractivity contribution in [1.82, 2.24) is 4.90 Å². The average Bonchev–Trinajstić information content (AvgIpc) is 2.13. The third-order valence-corrected chi connectivity index (χ3v) is 3.15. The highest BCUT2D eigenvalue weighted by Gasteiger charge is 2.38. The van der Waals surface area contributed by atoms with Crippen molar-refractivity contribution in [3.8, 4) is 0 Å². The van der Waals surface area contributed by atoms with Crippen LogP contribution in [0.15, 0.2) is 0 Å². The molecule has 0 heterocycles. The summed E-state index contributed by atoms with van der Waals surface area (Å²) in [5.74, 6) is 0. The third kappa shape index (κ3) is 3.94. The Morgan fingerprint density at radius 2 is 1.81 bits per heavy atom. The van der Waals surface area contributed by atoms with Crippen LogP contribution in [0.25, 0.3) is 0 Å². The van der Waals surface area contributed by atoms with Gasteiger partial charge in [-0.15, -0.1) is 0 Å². The maximum absolute atomic E-state index is 12.4. The number of hydrogen-bond donors (Lipinski definition) is 1. The average molecular weight is 239 g/mol. The largest absolute Gasteiger partial charge is 0.401 e. The standard InChI is InChI=1S/C11H20F3NO/c1-8(2)15(7-11(12,13)14)9-5-3-4-6-10(9)16/h8-10,16H,3-7H2,1-2H3. The Balaban J connectivity index is 2.68. The Bertz CT molecular complexity index is 218. The molecule has 1 aliphatic rings. The van der Waals surface area contributed by atoms with E-state index in [1.807, 2.05) is 0 Å². The summed E-state index contributed by atoms with van der Waals surface area (Å²) < 4.78 is 37.3. The number of hydrogen-bond acceptors (Lipinski definition) is 2. The second-order valence-corrected chi connectivity index (χ2v) is 4.80. The maximum atomic E-state index is 12.4. The van der Waals surface area contributed by atoms with Crippen molar-refractivity contribution in [2.45, 2.75) is 63.9 Å². The van der Waals surface area contributed by atoms with Gasteiger partial charge in [0.1, 0.15) is 0 Å². The Hall–Kier alpha value is -0.290. The van der Waals surface area contributed by atoms with Gasteiger partial charge in [-0.25, -0.2) is 0 Å². The molecule has 16 heavy (non-hydrogen) atoms. The van der Waals surface area contributed by atoms with Gasteiger partial charge in [-0.05, 0) is 26.7 Å². The van der Waals surface area contributed by atoms with Crippen LogP contribution in [0.1, 0.15) is 39.5 Å². The van der Waals surface area contributed by atoms with Crippen molar-refractivity contribution in [1.29, 1.82) is 0 Å². The molecule has 0 spiro atoms. The lowest BCUT2D eigenvalue weighted by Crippen LogP contribution is -2.52.